The molecule has 1 aliphatic rings. The Morgan fingerprint density at radius 1 is 1.31 bits per heavy atom. The van der Waals surface area contributed by atoms with Crippen molar-refractivity contribution in [2.24, 2.45) is 0 Å². The van der Waals surface area contributed by atoms with Crippen molar-refractivity contribution in [1.29, 1.82) is 0 Å². The van der Waals surface area contributed by atoms with E-state index < -0.39 is 20.5 Å². The highest BCUT2D eigenvalue weighted by atomic mass is 35.5. The van der Waals surface area contributed by atoms with Crippen LogP contribution in [0.4, 0.5) is 4.79 Å². The van der Waals surface area contributed by atoms with Crippen molar-refractivity contribution < 1.29 is 14.0 Å². The van der Waals surface area contributed by atoms with Gasteiger partial charge in [0, 0.05) is 16.6 Å². The molecule has 0 bridgehead atoms. The molecular weight excluding hydrogens is 366 g/mol. The van der Waals surface area contributed by atoms with Crippen LogP contribution in [0.25, 0.3) is 0 Å². The van der Waals surface area contributed by atoms with Crippen LogP contribution < -0.4 is 5.32 Å². The molecule has 146 valence electrons. The van der Waals surface area contributed by atoms with Crippen molar-refractivity contribution in [2.75, 3.05) is 0 Å². The van der Waals surface area contributed by atoms with Gasteiger partial charge in [-0.25, -0.2) is 4.79 Å². The highest BCUT2D eigenvalue weighted by Gasteiger charge is 2.44. The summed E-state index contributed by atoms with van der Waals surface area (Å²) >= 11 is 6.50. The highest BCUT2D eigenvalue weighted by molar-refractivity contribution is 6.74. The van der Waals surface area contributed by atoms with E-state index in [4.69, 9.17) is 20.8 Å². The van der Waals surface area contributed by atoms with E-state index in [0.29, 0.717) is 5.02 Å². The number of amides is 1. The first-order chi connectivity index (χ1) is 11.9. The van der Waals surface area contributed by atoms with E-state index in [-0.39, 0.29) is 17.2 Å². The number of ether oxygens (including phenoxy) is 1. The van der Waals surface area contributed by atoms with Gasteiger partial charge in [-0.15, -0.1) is 0 Å². The summed E-state index contributed by atoms with van der Waals surface area (Å²) in [5, 5.41) is 3.52. The number of carbonyl (C=O) groups excluding carboxylic acids is 1. The molecule has 6 heteroatoms. The van der Waals surface area contributed by atoms with Gasteiger partial charge in [-0.2, -0.15) is 0 Å². The average Bonchev–Trinajstić information content (AvgIpc) is 2.47. The third kappa shape index (κ3) is 4.81. The topological polar surface area (TPSA) is 47.6 Å². The zero-order chi connectivity index (χ0) is 19.7. The zero-order valence-electron chi connectivity index (χ0n) is 17.0. The van der Waals surface area contributed by atoms with Crippen LogP contribution in [0.5, 0.6) is 0 Å². The number of benzene rings is 1. The normalized spacial score (nSPS) is 20.7. The van der Waals surface area contributed by atoms with Crippen molar-refractivity contribution >= 4 is 26.0 Å². The number of alkyl carbamates (subject to hydrolysis) is 1. The Bertz CT molecular complexity index is 655. The van der Waals surface area contributed by atoms with Crippen molar-refractivity contribution in [2.45, 2.75) is 83.8 Å². The summed E-state index contributed by atoms with van der Waals surface area (Å²) in [5.74, 6) is 0. The number of hydrogen-bond acceptors (Lipinski definition) is 3. The number of hydrogen-bond donors (Lipinski definition) is 1. The van der Waals surface area contributed by atoms with Gasteiger partial charge >= 0.3 is 6.09 Å². The summed E-state index contributed by atoms with van der Waals surface area (Å²) in [7, 11) is -2.01. The Balaban J connectivity index is 2.35. The summed E-state index contributed by atoms with van der Waals surface area (Å²) in [6, 6.07) is 5.87. The van der Waals surface area contributed by atoms with Gasteiger partial charge in [0.15, 0.2) is 14.4 Å². The first kappa shape index (κ1) is 21.3. The van der Waals surface area contributed by atoms with Gasteiger partial charge in [0.2, 0.25) is 0 Å². The Kier molecular flexibility index (Phi) is 6.47. The third-order valence-electron chi connectivity index (χ3n) is 5.36. The van der Waals surface area contributed by atoms with E-state index in [1.54, 1.807) is 0 Å². The second-order valence-electron chi connectivity index (χ2n) is 8.89. The van der Waals surface area contributed by atoms with Crippen LogP contribution in [0.2, 0.25) is 23.2 Å². The van der Waals surface area contributed by atoms with Gasteiger partial charge in [0.05, 0.1) is 6.10 Å². The lowest BCUT2D eigenvalue weighted by atomic mass is 9.87. The van der Waals surface area contributed by atoms with E-state index in [2.05, 4.69) is 45.2 Å². The number of aryl methyl sites for hydroxylation is 1. The largest absolute Gasteiger partial charge is 0.439 e. The van der Waals surface area contributed by atoms with Crippen LogP contribution in [-0.4, -0.2) is 26.6 Å². The Hall–Kier alpha value is -1.04. The van der Waals surface area contributed by atoms with E-state index in [9.17, 15) is 4.79 Å². The fourth-order valence-corrected chi connectivity index (χ4v) is 4.60. The zero-order valence-corrected chi connectivity index (χ0v) is 18.7. The Morgan fingerprint density at radius 2 is 1.96 bits per heavy atom. The van der Waals surface area contributed by atoms with E-state index in [1.165, 1.54) is 0 Å². The van der Waals surface area contributed by atoms with Crippen molar-refractivity contribution in [3.05, 3.63) is 34.3 Å². The fraction of sp³-hybridized carbons (Fsp3) is 0.650. The summed E-state index contributed by atoms with van der Waals surface area (Å²) in [4.78, 5) is 12.3. The SMILES string of the molecule is CC(C)NC(=O)O[C@H]1c2c(Cl)cccc2CC[C@H]1O[Si](C)(C)C(C)(C)C. The molecule has 1 N–H and O–H groups in total. The number of halogens is 1. The maximum absolute atomic E-state index is 12.3. The van der Waals surface area contributed by atoms with Crippen LogP contribution >= 0.6 is 11.6 Å². The number of rotatable bonds is 4. The maximum Gasteiger partial charge on any atom is 0.408 e. The molecule has 1 amide bonds. The van der Waals surface area contributed by atoms with Gasteiger partial charge in [0.1, 0.15) is 0 Å². The predicted molar refractivity (Wildman–Crippen MR) is 109 cm³/mol. The minimum atomic E-state index is -2.01. The molecule has 2 atom stereocenters. The van der Waals surface area contributed by atoms with Crippen LogP contribution in [0.1, 0.15) is 58.3 Å². The van der Waals surface area contributed by atoms with Crippen LogP contribution in [0, 0.1) is 0 Å². The molecule has 1 aromatic carbocycles. The smallest absolute Gasteiger partial charge is 0.408 e. The predicted octanol–water partition coefficient (Wildman–Crippen LogP) is 5.85. The van der Waals surface area contributed by atoms with E-state index in [1.807, 2.05) is 26.0 Å². The molecule has 0 fully saturated rings. The summed E-state index contributed by atoms with van der Waals surface area (Å²) in [6.07, 6.45) is 0.600. The molecule has 0 aliphatic heterocycles. The van der Waals surface area contributed by atoms with Gasteiger partial charge in [-0.05, 0) is 56.5 Å². The van der Waals surface area contributed by atoms with Gasteiger partial charge in [-0.1, -0.05) is 44.5 Å². The molecule has 0 unspecified atom stereocenters. The van der Waals surface area contributed by atoms with Crippen LogP contribution in [0.3, 0.4) is 0 Å². The van der Waals surface area contributed by atoms with Gasteiger partial charge in [0.25, 0.3) is 0 Å². The molecule has 4 nitrogen and oxygen atoms in total. The first-order valence-corrected chi connectivity index (χ1v) is 12.6. The third-order valence-corrected chi connectivity index (χ3v) is 10.2. The van der Waals surface area contributed by atoms with E-state index in [0.717, 1.165) is 24.0 Å². The van der Waals surface area contributed by atoms with Gasteiger partial charge < -0.3 is 14.5 Å². The molecule has 0 saturated heterocycles. The quantitative estimate of drug-likeness (QED) is 0.648. The van der Waals surface area contributed by atoms with Crippen molar-refractivity contribution in [3.8, 4) is 0 Å². The lowest BCUT2D eigenvalue weighted by Crippen LogP contribution is -2.47. The molecule has 2 rings (SSSR count). The highest BCUT2D eigenvalue weighted by Crippen LogP contribution is 2.44. The molecule has 0 heterocycles. The van der Waals surface area contributed by atoms with Gasteiger partial charge in [-0.3, -0.25) is 0 Å². The monoisotopic (exact) mass is 397 g/mol. The number of fused-ring (bicyclic) bond motifs is 1. The lowest BCUT2D eigenvalue weighted by Gasteiger charge is -2.43. The first-order valence-electron chi connectivity index (χ1n) is 9.34. The fourth-order valence-electron chi connectivity index (χ4n) is 2.95. The summed E-state index contributed by atoms with van der Waals surface area (Å²) < 4.78 is 12.5. The molecule has 0 saturated carbocycles. The van der Waals surface area contributed by atoms with Crippen molar-refractivity contribution in [3.63, 3.8) is 0 Å². The number of carbonyl (C=O) groups is 1. The summed E-state index contributed by atoms with van der Waals surface area (Å²) in [6.45, 7) is 14.9. The standard InChI is InChI=1S/C20H32ClNO3Si/c1-13(2)22-19(23)24-18-16(25-26(6,7)20(3,4)5)12-11-14-9-8-10-15(21)17(14)18/h8-10,13,16,18H,11-12H2,1-7H3,(H,22,23)/t16-,18-/m1/s1. The molecular formula is C20H32ClNO3Si. The molecule has 26 heavy (non-hydrogen) atoms. The van der Waals surface area contributed by atoms with Crippen LogP contribution in [-0.2, 0) is 15.6 Å². The average molecular weight is 398 g/mol. The Morgan fingerprint density at radius 3 is 2.54 bits per heavy atom. The van der Waals surface area contributed by atoms with Crippen LogP contribution in [0.15, 0.2) is 18.2 Å². The van der Waals surface area contributed by atoms with Crippen molar-refractivity contribution in [1.82, 2.24) is 5.32 Å². The lowest BCUT2D eigenvalue weighted by molar-refractivity contribution is -0.00245. The van der Waals surface area contributed by atoms with E-state index >= 15 is 0 Å². The maximum atomic E-state index is 12.3. The number of nitrogens with one attached hydrogen (secondary N) is 1. The minimum Gasteiger partial charge on any atom is -0.439 e. The minimum absolute atomic E-state index is 0.0107. The molecule has 0 spiro atoms. The Labute approximate surface area is 163 Å². The molecule has 0 aromatic heterocycles. The molecule has 1 aromatic rings. The molecule has 1 aliphatic carbocycles. The second kappa shape index (κ2) is 7.91. The molecule has 0 radical (unpaired) electrons. The summed E-state index contributed by atoms with van der Waals surface area (Å²) in [5.41, 5.74) is 2.03. The second-order valence-corrected chi connectivity index (χ2v) is 14.1.